The predicted octanol–water partition coefficient (Wildman–Crippen LogP) is 3.62. The summed E-state index contributed by atoms with van der Waals surface area (Å²) < 4.78 is 9.30. The summed E-state index contributed by atoms with van der Waals surface area (Å²) in [6.07, 6.45) is 5.39. The largest absolute Gasteiger partial charge is 0.370 e. The molecule has 0 amide bonds. The van der Waals surface area contributed by atoms with Crippen LogP contribution in [0.15, 0.2) is 30.7 Å². The Morgan fingerprint density at radius 2 is 2.04 bits per heavy atom. The van der Waals surface area contributed by atoms with Crippen LogP contribution in [0.2, 0.25) is 10.0 Å². The van der Waals surface area contributed by atoms with E-state index in [1.54, 1.807) is 29.3 Å². The van der Waals surface area contributed by atoms with Gasteiger partial charge in [-0.25, -0.2) is 9.67 Å². The fourth-order valence-electron chi connectivity index (χ4n) is 3.14. The van der Waals surface area contributed by atoms with Gasteiger partial charge in [-0.3, -0.25) is 4.40 Å². The van der Waals surface area contributed by atoms with Crippen LogP contribution in [0.25, 0.3) is 22.4 Å². The zero-order valence-electron chi connectivity index (χ0n) is 12.9. The molecule has 1 aliphatic heterocycles. The zero-order valence-corrected chi connectivity index (χ0v) is 14.4. The van der Waals surface area contributed by atoms with Crippen LogP contribution in [0.4, 0.5) is 0 Å². The van der Waals surface area contributed by atoms with E-state index in [9.17, 15) is 0 Å². The van der Waals surface area contributed by atoms with Gasteiger partial charge in [-0.15, -0.1) is 10.2 Å². The standard InChI is InChI=1S/C16H12Cl2N6O/c17-11-4-3-9(6-12(11)18)24-14-10(7-20-24)15-21-22-16(23(15)8-19-14)13-2-1-5-25-13/h3-4,6-8,13H,1-2,5H2. The highest BCUT2D eigenvalue weighted by molar-refractivity contribution is 6.42. The molecule has 7 nitrogen and oxygen atoms in total. The third-order valence-corrected chi connectivity index (χ3v) is 5.11. The molecular weight excluding hydrogens is 363 g/mol. The lowest BCUT2D eigenvalue weighted by Gasteiger charge is -2.07. The molecule has 1 saturated heterocycles. The number of aromatic nitrogens is 6. The van der Waals surface area contributed by atoms with Crippen LogP contribution in [-0.4, -0.2) is 36.0 Å². The van der Waals surface area contributed by atoms with Crippen LogP contribution < -0.4 is 0 Å². The molecular formula is C16H12Cl2N6O. The lowest BCUT2D eigenvalue weighted by molar-refractivity contribution is 0.104. The number of benzene rings is 1. The highest BCUT2D eigenvalue weighted by atomic mass is 35.5. The zero-order chi connectivity index (χ0) is 17.0. The first-order valence-electron chi connectivity index (χ1n) is 7.87. The molecule has 4 aromatic rings. The summed E-state index contributed by atoms with van der Waals surface area (Å²) in [5.41, 5.74) is 2.17. The minimum absolute atomic E-state index is 0.0284. The second kappa shape index (κ2) is 5.66. The van der Waals surface area contributed by atoms with Gasteiger partial charge in [-0.1, -0.05) is 23.2 Å². The van der Waals surface area contributed by atoms with Gasteiger partial charge in [-0.2, -0.15) is 5.10 Å². The number of rotatable bonds is 2. The minimum atomic E-state index is -0.0284. The smallest absolute Gasteiger partial charge is 0.174 e. The fraction of sp³-hybridized carbons (Fsp3) is 0.250. The van der Waals surface area contributed by atoms with Gasteiger partial charge in [0.1, 0.15) is 12.4 Å². The number of halogens is 2. The van der Waals surface area contributed by atoms with Crippen molar-refractivity contribution in [3.63, 3.8) is 0 Å². The van der Waals surface area contributed by atoms with Crippen LogP contribution in [0, 0.1) is 0 Å². The maximum absolute atomic E-state index is 6.12. The molecule has 0 N–H and O–H groups in total. The van der Waals surface area contributed by atoms with Crippen molar-refractivity contribution in [2.45, 2.75) is 18.9 Å². The molecule has 0 aliphatic carbocycles. The number of ether oxygens (including phenoxy) is 1. The summed E-state index contributed by atoms with van der Waals surface area (Å²) in [6, 6.07) is 5.33. The van der Waals surface area contributed by atoms with Gasteiger partial charge in [0.2, 0.25) is 0 Å². The highest BCUT2D eigenvalue weighted by Gasteiger charge is 2.24. The van der Waals surface area contributed by atoms with E-state index in [1.807, 2.05) is 10.5 Å². The number of fused-ring (bicyclic) bond motifs is 3. The average molecular weight is 375 g/mol. The Bertz CT molecular complexity index is 1100. The van der Waals surface area contributed by atoms with E-state index in [2.05, 4.69) is 20.3 Å². The topological polar surface area (TPSA) is 70.1 Å². The van der Waals surface area contributed by atoms with E-state index in [1.165, 1.54) is 0 Å². The molecule has 4 heterocycles. The molecule has 1 unspecified atom stereocenters. The summed E-state index contributed by atoms with van der Waals surface area (Å²) in [6.45, 7) is 0.754. The van der Waals surface area contributed by atoms with Gasteiger partial charge in [0, 0.05) is 6.61 Å². The van der Waals surface area contributed by atoms with Crippen molar-refractivity contribution in [1.82, 2.24) is 29.4 Å². The molecule has 3 aromatic heterocycles. The van der Waals surface area contributed by atoms with E-state index in [0.29, 0.717) is 21.3 Å². The van der Waals surface area contributed by atoms with Crippen LogP contribution >= 0.6 is 23.2 Å². The van der Waals surface area contributed by atoms with Crippen molar-refractivity contribution >= 4 is 39.9 Å². The number of hydrogen-bond donors (Lipinski definition) is 0. The SMILES string of the molecule is Clc1ccc(-n2ncc3c2ncn2c(C4CCCO4)nnc32)cc1Cl. The van der Waals surface area contributed by atoms with Crippen molar-refractivity contribution in [3.05, 3.63) is 46.6 Å². The first kappa shape index (κ1) is 15.1. The maximum Gasteiger partial charge on any atom is 0.174 e. The minimum Gasteiger partial charge on any atom is -0.370 e. The summed E-state index contributed by atoms with van der Waals surface area (Å²) in [4.78, 5) is 4.55. The Hall–Kier alpha value is -2.22. The molecule has 9 heteroatoms. The normalized spacial score (nSPS) is 17.8. The van der Waals surface area contributed by atoms with Crippen LogP contribution in [-0.2, 0) is 4.74 Å². The molecule has 0 saturated carbocycles. The monoisotopic (exact) mass is 374 g/mol. The van der Waals surface area contributed by atoms with Crippen molar-refractivity contribution in [2.24, 2.45) is 0 Å². The van der Waals surface area contributed by atoms with Crippen LogP contribution in [0.1, 0.15) is 24.8 Å². The molecule has 1 aromatic carbocycles. The summed E-state index contributed by atoms with van der Waals surface area (Å²) >= 11 is 12.1. The molecule has 0 radical (unpaired) electrons. The Labute approximate surface area is 152 Å². The lowest BCUT2D eigenvalue weighted by Crippen LogP contribution is -2.04. The molecule has 1 aliphatic rings. The predicted molar refractivity (Wildman–Crippen MR) is 93.4 cm³/mol. The highest BCUT2D eigenvalue weighted by Crippen LogP contribution is 2.30. The van der Waals surface area contributed by atoms with Crippen molar-refractivity contribution < 1.29 is 4.74 Å². The van der Waals surface area contributed by atoms with Crippen molar-refractivity contribution in [2.75, 3.05) is 6.61 Å². The van der Waals surface area contributed by atoms with Crippen molar-refractivity contribution in [1.29, 1.82) is 0 Å². The van der Waals surface area contributed by atoms with Gasteiger partial charge in [0.25, 0.3) is 0 Å². The molecule has 5 rings (SSSR count). The van der Waals surface area contributed by atoms with E-state index in [0.717, 1.165) is 36.3 Å². The van der Waals surface area contributed by atoms with Gasteiger partial charge in [-0.05, 0) is 31.0 Å². The first-order chi connectivity index (χ1) is 12.2. The second-order valence-electron chi connectivity index (χ2n) is 5.89. The Balaban J connectivity index is 1.68. The Morgan fingerprint density at radius 3 is 2.84 bits per heavy atom. The lowest BCUT2D eigenvalue weighted by atomic mass is 10.2. The van der Waals surface area contributed by atoms with Gasteiger partial charge < -0.3 is 4.74 Å². The van der Waals surface area contributed by atoms with Gasteiger partial charge in [0.05, 0.1) is 27.3 Å². The molecule has 1 fully saturated rings. The van der Waals surface area contributed by atoms with Gasteiger partial charge in [0.15, 0.2) is 17.1 Å². The first-order valence-corrected chi connectivity index (χ1v) is 8.62. The van der Waals surface area contributed by atoms with E-state index in [-0.39, 0.29) is 6.10 Å². The number of nitrogens with zero attached hydrogens (tertiary/aromatic N) is 6. The molecule has 1 atom stereocenters. The van der Waals surface area contributed by atoms with Crippen molar-refractivity contribution in [3.8, 4) is 5.69 Å². The van der Waals surface area contributed by atoms with E-state index in [4.69, 9.17) is 27.9 Å². The fourth-order valence-corrected chi connectivity index (χ4v) is 3.44. The quantitative estimate of drug-likeness (QED) is 0.535. The third-order valence-electron chi connectivity index (χ3n) is 4.37. The Morgan fingerprint density at radius 1 is 1.12 bits per heavy atom. The summed E-state index contributed by atoms with van der Waals surface area (Å²) in [5, 5.41) is 14.8. The van der Waals surface area contributed by atoms with Crippen LogP contribution in [0.5, 0.6) is 0 Å². The Kier molecular flexibility index (Phi) is 3.41. The summed E-state index contributed by atoms with van der Waals surface area (Å²) in [7, 11) is 0. The molecule has 25 heavy (non-hydrogen) atoms. The molecule has 0 bridgehead atoms. The number of hydrogen-bond acceptors (Lipinski definition) is 5. The molecule has 126 valence electrons. The maximum atomic E-state index is 6.12. The van der Waals surface area contributed by atoms with E-state index < -0.39 is 0 Å². The van der Waals surface area contributed by atoms with E-state index >= 15 is 0 Å². The second-order valence-corrected chi connectivity index (χ2v) is 6.70. The average Bonchev–Trinajstić information content (AvgIpc) is 3.34. The third kappa shape index (κ3) is 2.31. The van der Waals surface area contributed by atoms with Crippen LogP contribution in [0.3, 0.4) is 0 Å². The van der Waals surface area contributed by atoms with Gasteiger partial charge >= 0.3 is 0 Å². The molecule has 0 spiro atoms. The summed E-state index contributed by atoms with van der Waals surface area (Å²) in [5.74, 6) is 0.782.